The molecule has 0 aliphatic rings. The van der Waals surface area contributed by atoms with Gasteiger partial charge in [-0.25, -0.2) is 9.97 Å². The Hall–Kier alpha value is -6.16. The van der Waals surface area contributed by atoms with E-state index in [4.69, 9.17) is 0 Å². The van der Waals surface area contributed by atoms with Crippen LogP contribution in [0.15, 0.2) is 95.2 Å². The molecular weight excluding hydrogens is 783 g/mol. The zero-order valence-corrected chi connectivity index (χ0v) is 29.0. The number of amides is 2. The van der Waals surface area contributed by atoms with Gasteiger partial charge in [0.05, 0.1) is 43.4 Å². The molecule has 2 amide bonds. The van der Waals surface area contributed by atoms with E-state index in [0.29, 0.717) is 46.3 Å². The average molecular weight is 805 g/mol. The number of halogens is 6. The number of hydrogen-bond donors (Lipinski definition) is 4. The third-order valence-corrected chi connectivity index (χ3v) is 9.79. The van der Waals surface area contributed by atoms with Crippen LogP contribution in [0.25, 0.3) is 22.1 Å². The first-order valence-corrected chi connectivity index (χ1v) is 17.4. The highest BCUT2D eigenvalue weighted by Gasteiger charge is 2.72. The maximum atomic E-state index is 14.7. The first-order valence-electron chi connectivity index (χ1n) is 15.4. The molecular formula is C33H22F6N8O6S2. The summed E-state index contributed by atoms with van der Waals surface area (Å²) < 4.78 is 88.3. The van der Waals surface area contributed by atoms with Gasteiger partial charge in [0, 0.05) is 35.6 Å². The molecule has 22 heteroatoms. The Morgan fingerprint density at radius 2 is 0.982 bits per heavy atom. The highest BCUT2D eigenvalue weighted by molar-refractivity contribution is 8.00. The quantitative estimate of drug-likeness (QED) is 0.0405. The Morgan fingerprint density at radius 1 is 0.618 bits per heavy atom. The summed E-state index contributed by atoms with van der Waals surface area (Å²) in [5.41, 5.74) is -5.91. The highest BCUT2D eigenvalue weighted by atomic mass is 32.2. The lowest BCUT2D eigenvalue weighted by atomic mass is 9.73. The molecule has 284 valence electrons. The second kappa shape index (κ2) is 14.9. The zero-order valence-electron chi connectivity index (χ0n) is 27.3. The molecule has 0 fully saturated rings. The number of aromatic nitrogens is 4. The van der Waals surface area contributed by atoms with Crippen LogP contribution in [-0.2, 0) is 15.0 Å². The number of hydrogen-bond acceptors (Lipinski definition) is 10. The smallest absolute Gasteiger partial charge is 0.333 e. The van der Waals surface area contributed by atoms with Crippen LogP contribution in [0.2, 0.25) is 0 Å². The lowest BCUT2D eigenvalue weighted by Gasteiger charge is -2.38. The van der Waals surface area contributed by atoms with Crippen LogP contribution in [0.3, 0.4) is 0 Å². The van der Waals surface area contributed by atoms with Crippen molar-refractivity contribution in [2.75, 3.05) is 22.1 Å². The van der Waals surface area contributed by atoms with Crippen molar-refractivity contribution in [3.05, 3.63) is 116 Å². The first kappa shape index (κ1) is 38.6. The topological polar surface area (TPSA) is 202 Å². The van der Waals surface area contributed by atoms with Gasteiger partial charge in [-0.3, -0.25) is 29.8 Å². The second-order valence-electron chi connectivity index (χ2n) is 11.6. The fourth-order valence-electron chi connectivity index (χ4n) is 5.56. The van der Waals surface area contributed by atoms with E-state index in [1.807, 2.05) is 0 Å². The summed E-state index contributed by atoms with van der Waals surface area (Å²) in [6.45, 7) is 0. The monoisotopic (exact) mass is 804 g/mol. The average Bonchev–Trinajstić information content (AvgIpc) is 3.73. The van der Waals surface area contributed by atoms with Crippen LogP contribution in [0.1, 0.15) is 11.1 Å². The number of imidazole rings is 2. The van der Waals surface area contributed by atoms with Crippen LogP contribution >= 0.6 is 23.5 Å². The van der Waals surface area contributed by atoms with Gasteiger partial charge in [0.2, 0.25) is 17.2 Å². The number of carbonyl (C=O) groups excluding carboxylic acids is 2. The standard InChI is InChI=1S/C33H22F6N8O6S2/c34-32(35,36)31(33(37,38)39,17-1-5-19(6-2-17)40-27(48)15-54-29-42-23-11-9-21(46(50)51)13-25(23)44-29)18-3-7-20(8-4-18)41-28(49)16-55-30-43-24-12-10-22(47(52)53)14-26(24)45-30/h1-14H,15-16H2,(H,40,48)(H,41,49)(H,42,44)(H,43,45). The molecule has 0 unspecified atom stereocenters. The Kier molecular flexibility index (Phi) is 10.5. The van der Waals surface area contributed by atoms with E-state index < -0.39 is 50.6 Å². The molecule has 2 heterocycles. The predicted octanol–water partition coefficient (Wildman–Crippen LogP) is 8.13. The second-order valence-corrected chi connectivity index (χ2v) is 13.5. The van der Waals surface area contributed by atoms with Crippen LogP contribution in [0.5, 0.6) is 0 Å². The van der Waals surface area contributed by atoms with Crippen molar-refractivity contribution in [1.82, 2.24) is 19.9 Å². The number of carbonyl (C=O) groups is 2. The van der Waals surface area contributed by atoms with Crippen molar-refractivity contribution >= 4 is 80.2 Å². The summed E-state index contributed by atoms with van der Waals surface area (Å²) in [5.74, 6) is -1.87. The molecule has 0 bridgehead atoms. The Balaban J connectivity index is 1.13. The number of nitro benzene ring substituents is 2. The van der Waals surface area contributed by atoms with Gasteiger partial charge in [-0.1, -0.05) is 47.8 Å². The fourth-order valence-corrected chi connectivity index (χ4v) is 6.93. The SMILES string of the molecule is O=C(CSc1nc2ccc([N+](=O)[O-])cc2[nH]1)Nc1ccc(C(c2ccc(NC(=O)CSc3nc4ccc([N+](=O)[O-])cc4[nH]3)cc2)(C(F)(F)F)C(F)(F)F)cc1. The number of aromatic amines is 2. The van der Waals surface area contributed by atoms with E-state index in [9.17, 15) is 56.2 Å². The minimum atomic E-state index is -5.89. The molecule has 14 nitrogen and oxygen atoms in total. The van der Waals surface area contributed by atoms with E-state index in [0.717, 1.165) is 47.8 Å². The van der Waals surface area contributed by atoms with Crippen LogP contribution in [0.4, 0.5) is 49.1 Å². The minimum Gasteiger partial charge on any atom is -0.333 e. The number of nitrogens with zero attached hydrogens (tertiary/aromatic N) is 4. The summed E-state index contributed by atoms with van der Waals surface area (Å²) in [5, 5.41) is 27.3. The number of thioether (sulfide) groups is 2. The number of alkyl halides is 6. The molecule has 0 aliphatic carbocycles. The molecule has 0 saturated carbocycles. The highest BCUT2D eigenvalue weighted by Crippen LogP contribution is 2.56. The van der Waals surface area contributed by atoms with Gasteiger partial charge in [0.15, 0.2) is 10.3 Å². The molecule has 2 aromatic heterocycles. The summed E-state index contributed by atoms with van der Waals surface area (Å²) in [7, 11) is 0. The van der Waals surface area contributed by atoms with Gasteiger partial charge < -0.3 is 20.6 Å². The number of non-ortho nitro benzene ring substituents is 2. The maximum Gasteiger partial charge on any atom is 0.411 e. The number of nitrogens with one attached hydrogen (secondary N) is 4. The van der Waals surface area contributed by atoms with Crippen molar-refractivity contribution in [3.8, 4) is 0 Å². The number of fused-ring (bicyclic) bond motifs is 2. The van der Waals surface area contributed by atoms with Crippen molar-refractivity contribution in [1.29, 1.82) is 0 Å². The summed E-state index contributed by atoms with van der Waals surface area (Å²) in [4.78, 5) is 60.0. The molecule has 0 radical (unpaired) electrons. The molecule has 6 aromatic rings. The van der Waals surface area contributed by atoms with Crippen molar-refractivity contribution in [2.24, 2.45) is 0 Å². The number of benzene rings is 4. The summed E-state index contributed by atoms with van der Waals surface area (Å²) in [6.07, 6.45) is -11.8. The number of rotatable bonds is 12. The van der Waals surface area contributed by atoms with Gasteiger partial charge in [0.1, 0.15) is 0 Å². The van der Waals surface area contributed by atoms with Crippen molar-refractivity contribution in [2.45, 2.75) is 28.1 Å². The normalized spacial score (nSPS) is 12.2. The van der Waals surface area contributed by atoms with Gasteiger partial charge >= 0.3 is 12.4 Å². The van der Waals surface area contributed by atoms with Crippen LogP contribution in [0, 0.1) is 20.2 Å². The molecule has 0 spiro atoms. The maximum absolute atomic E-state index is 14.7. The van der Waals surface area contributed by atoms with Gasteiger partial charge in [-0.05, 0) is 47.5 Å². The Morgan fingerprint density at radius 3 is 1.31 bits per heavy atom. The van der Waals surface area contributed by atoms with E-state index in [1.54, 1.807) is 0 Å². The molecule has 0 aliphatic heterocycles. The van der Waals surface area contributed by atoms with Gasteiger partial charge in [-0.15, -0.1) is 0 Å². The van der Waals surface area contributed by atoms with E-state index in [2.05, 4.69) is 30.6 Å². The third-order valence-electron chi connectivity index (χ3n) is 8.04. The first-order chi connectivity index (χ1) is 25.9. The van der Waals surface area contributed by atoms with E-state index >= 15 is 0 Å². The Bertz CT molecular complexity index is 2270. The van der Waals surface area contributed by atoms with Gasteiger partial charge in [0.25, 0.3) is 11.4 Å². The third kappa shape index (κ3) is 8.04. The summed E-state index contributed by atoms with van der Waals surface area (Å²) in [6, 6.07) is 13.9. The number of nitro groups is 2. The predicted molar refractivity (Wildman–Crippen MR) is 190 cm³/mol. The van der Waals surface area contributed by atoms with E-state index in [-0.39, 0.29) is 44.6 Å². The van der Waals surface area contributed by atoms with E-state index in [1.165, 1.54) is 36.4 Å². The number of anilines is 2. The van der Waals surface area contributed by atoms with Crippen LogP contribution in [-0.4, -0.2) is 65.5 Å². The molecule has 0 saturated heterocycles. The van der Waals surface area contributed by atoms with Crippen molar-refractivity contribution < 1.29 is 45.8 Å². The lowest BCUT2D eigenvalue weighted by molar-refractivity contribution is -0.384. The number of H-pyrrole nitrogens is 2. The van der Waals surface area contributed by atoms with Crippen molar-refractivity contribution in [3.63, 3.8) is 0 Å². The molecule has 4 N–H and O–H groups in total. The molecule has 4 aromatic carbocycles. The molecule has 6 rings (SSSR count). The Labute approximate surface area is 311 Å². The minimum absolute atomic E-state index is 0.0901. The van der Waals surface area contributed by atoms with Gasteiger partial charge in [-0.2, -0.15) is 26.3 Å². The van der Waals surface area contributed by atoms with Crippen LogP contribution < -0.4 is 10.6 Å². The zero-order chi connectivity index (χ0) is 39.7. The summed E-state index contributed by atoms with van der Waals surface area (Å²) >= 11 is 1.82. The largest absolute Gasteiger partial charge is 0.411 e. The molecule has 0 atom stereocenters. The fraction of sp³-hybridized carbons (Fsp3) is 0.152. The molecule has 55 heavy (non-hydrogen) atoms. The lowest BCUT2D eigenvalue weighted by Crippen LogP contribution is -2.54.